The molecule has 2 atom stereocenters. The van der Waals surface area contributed by atoms with E-state index in [1.165, 1.54) is 0 Å². The molecule has 0 aliphatic carbocycles. The molecule has 0 aromatic carbocycles. The molecule has 2 unspecified atom stereocenters. The van der Waals surface area contributed by atoms with Gasteiger partial charge in [0.1, 0.15) is 5.92 Å². The number of halogens is 3. The van der Waals surface area contributed by atoms with E-state index in [9.17, 15) is 22.8 Å². The molecular weight excluding hydrogens is 243 g/mol. The molecule has 0 radical (unpaired) electrons. The van der Waals surface area contributed by atoms with Crippen molar-refractivity contribution < 1.29 is 27.9 Å². The molecule has 0 bridgehead atoms. The second kappa shape index (κ2) is 3.41. The molecule has 0 saturated heterocycles. The number of hydrogen-bond acceptors (Lipinski definition) is 4. The van der Waals surface area contributed by atoms with Gasteiger partial charge in [0.2, 0.25) is 0 Å². The maximum atomic E-state index is 12.9. The Morgan fingerprint density at radius 3 is 2.00 bits per heavy atom. The van der Waals surface area contributed by atoms with E-state index >= 15 is 0 Å². The lowest BCUT2D eigenvalue weighted by Crippen LogP contribution is -2.62. The van der Waals surface area contributed by atoms with Crippen molar-refractivity contribution in [3.63, 3.8) is 0 Å². The van der Waals surface area contributed by atoms with E-state index in [0.29, 0.717) is 0 Å². The minimum atomic E-state index is -5.21. The summed E-state index contributed by atoms with van der Waals surface area (Å²) < 4.78 is 38.7. The van der Waals surface area contributed by atoms with Crippen molar-refractivity contribution in [2.75, 3.05) is 0 Å². The van der Waals surface area contributed by atoms with E-state index in [0.717, 1.165) is 13.8 Å². The van der Waals surface area contributed by atoms with Crippen LogP contribution in [-0.4, -0.2) is 34.2 Å². The molecule has 1 amide bonds. The van der Waals surface area contributed by atoms with Gasteiger partial charge in [-0.1, -0.05) is 0 Å². The molecular formula is C8H10F3N3O3. The van der Waals surface area contributed by atoms with Gasteiger partial charge >= 0.3 is 12.1 Å². The number of carboxylic acid groups (broad SMARTS) is 1. The Morgan fingerprint density at radius 2 is 1.76 bits per heavy atom. The number of nitrogens with zero attached hydrogens (tertiary/aromatic N) is 2. The lowest BCUT2D eigenvalue weighted by Gasteiger charge is -2.32. The van der Waals surface area contributed by atoms with Crippen molar-refractivity contribution in [2.24, 2.45) is 21.9 Å². The highest BCUT2D eigenvalue weighted by atomic mass is 19.4. The first-order valence-electron chi connectivity index (χ1n) is 4.50. The average Bonchev–Trinajstić information content (AvgIpc) is 2.36. The normalized spacial score (nSPS) is 31.5. The Kier molecular flexibility index (Phi) is 2.69. The predicted octanol–water partition coefficient (Wildman–Crippen LogP) is 0.718. The Morgan fingerprint density at radius 1 is 1.29 bits per heavy atom. The highest BCUT2D eigenvalue weighted by Crippen LogP contribution is 2.49. The molecule has 0 saturated carbocycles. The van der Waals surface area contributed by atoms with Crippen LogP contribution in [0.2, 0.25) is 0 Å². The minimum Gasteiger partial charge on any atom is -0.481 e. The minimum absolute atomic E-state index is 1.14. The van der Waals surface area contributed by atoms with E-state index in [4.69, 9.17) is 10.8 Å². The number of carbonyl (C=O) groups is 2. The van der Waals surface area contributed by atoms with Gasteiger partial charge in [-0.25, -0.2) is 0 Å². The zero-order valence-electron chi connectivity index (χ0n) is 8.95. The van der Waals surface area contributed by atoms with Gasteiger partial charge in [-0.3, -0.25) is 9.59 Å². The van der Waals surface area contributed by atoms with Gasteiger partial charge in [0.25, 0.3) is 11.4 Å². The Bertz CT molecular complexity index is 405. The topological polar surface area (TPSA) is 105 Å². The van der Waals surface area contributed by atoms with Crippen LogP contribution in [0, 0.1) is 5.92 Å². The number of carbonyl (C=O) groups excluding carboxylic acids is 1. The molecule has 0 aromatic rings. The van der Waals surface area contributed by atoms with Gasteiger partial charge in [-0.2, -0.15) is 23.4 Å². The van der Waals surface area contributed by atoms with Crippen LogP contribution in [0.5, 0.6) is 0 Å². The SMILES string of the molecule is CC1(C)N=NC(C(N)=O)(C(F)(F)F)C1C(=O)O. The third-order valence-electron chi connectivity index (χ3n) is 2.64. The van der Waals surface area contributed by atoms with E-state index in [2.05, 4.69) is 10.2 Å². The smallest absolute Gasteiger partial charge is 0.425 e. The van der Waals surface area contributed by atoms with Gasteiger partial charge in [0.15, 0.2) is 0 Å². The number of aliphatic carboxylic acids is 1. The first kappa shape index (κ1) is 13.4. The summed E-state index contributed by atoms with van der Waals surface area (Å²) in [5.41, 5.74) is -0.462. The number of amides is 1. The summed E-state index contributed by atoms with van der Waals surface area (Å²) in [4.78, 5) is 22.0. The third-order valence-corrected chi connectivity index (χ3v) is 2.64. The van der Waals surface area contributed by atoms with E-state index < -0.39 is 35.0 Å². The highest BCUT2D eigenvalue weighted by molar-refractivity contribution is 5.93. The van der Waals surface area contributed by atoms with Crippen LogP contribution in [0.25, 0.3) is 0 Å². The van der Waals surface area contributed by atoms with Crippen LogP contribution < -0.4 is 5.73 Å². The average molecular weight is 253 g/mol. The Balaban J connectivity index is 3.49. The van der Waals surface area contributed by atoms with Gasteiger partial charge in [0.05, 0.1) is 5.54 Å². The molecule has 17 heavy (non-hydrogen) atoms. The van der Waals surface area contributed by atoms with Crippen molar-refractivity contribution in [2.45, 2.75) is 31.1 Å². The third kappa shape index (κ3) is 1.65. The first-order valence-corrected chi connectivity index (χ1v) is 4.50. The molecule has 1 aliphatic rings. The molecule has 3 N–H and O–H groups in total. The largest absolute Gasteiger partial charge is 0.481 e. The fraction of sp³-hybridized carbons (Fsp3) is 0.750. The zero-order valence-corrected chi connectivity index (χ0v) is 8.95. The molecule has 1 aliphatic heterocycles. The number of carboxylic acids is 1. The number of primary amides is 1. The summed E-state index contributed by atoms with van der Waals surface area (Å²) in [7, 11) is 0. The summed E-state index contributed by atoms with van der Waals surface area (Å²) in [6.07, 6.45) is -5.21. The zero-order chi connectivity index (χ0) is 13.6. The Labute approximate surface area is 93.7 Å². The maximum Gasteiger partial charge on any atom is 0.425 e. The first-order chi connectivity index (χ1) is 7.47. The van der Waals surface area contributed by atoms with Crippen molar-refractivity contribution in [3.05, 3.63) is 0 Å². The molecule has 1 heterocycles. The molecule has 6 nitrogen and oxygen atoms in total. The fourth-order valence-corrected chi connectivity index (χ4v) is 1.87. The van der Waals surface area contributed by atoms with Crippen molar-refractivity contribution in [1.82, 2.24) is 0 Å². The van der Waals surface area contributed by atoms with Gasteiger partial charge in [-0.05, 0) is 13.8 Å². The fourth-order valence-electron chi connectivity index (χ4n) is 1.87. The van der Waals surface area contributed by atoms with Gasteiger partial charge in [0, 0.05) is 0 Å². The summed E-state index contributed by atoms with van der Waals surface area (Å²) in [6, 6.07) is 0. The van der Waals surface area contributed by atoms with Crippen LogP contribution in [0.15, 0.2) is 10.2 Å². The molecule has 0 aromatic heterocycles. The van der Waals surface area contributed by atoms with Crippen LogP contribution in [0.4, 0.5) is 13.2 Å². The molecule has 1 rings (SSSR count). The second-order valence-electron chi connectivity index (χ2n) is 4.25. The molecule has 9 heteroatoms. The number of azo groups is 1. The van der Waals surface area contributed by atoms with Crippen LogP contribution in [0.3, 0.4) is 0 Å². The van der Waals surface area contributed by atoms with Crippen LogP contribution in [-0.2, 0) is 9.59 Å². The standard InChI is InChI=1S/C8H10F3N3O3/c1-6(2)3(4(15)16)7(5(12)17,14-13-6)8(9,10)11/h3H,1-2H3,(H2,12,17)(H,15,16). The molecule has 96 valence electrons. The predicted molar refractivity (Wildman–Crippen MR) is 48.0 cm³/mol. The highest BCUT2D eigenvalue weighted by Gasteiger charge is 2.73. The van der Waals surface area contributed by atoms with Crippen molar-refractivity contribution in [3.8, 4) is 0 Å². The summed E-state index contributed by atoms with van der Waals surface area (Å²) >= 11 is 0. The van der Waals surface area contributed by atoms with E-state index in [1.54, 1.807) is 0 Å². The number of hydrogen-bond donors (Lipinski definition) is 2. The maximum absolute atomic E-state index is 12.9. The number of rotatable bonds is 2. The summed E-state index contributed by atoms with van der Waals surface area (Å²) in [5.74, 6) is -5.87. The summed E-state index contributed by atoms with van der Waals surface area (Å²) in [5, 5.41) is 14.9. The summed E-state index contributed by atoms with van der Waals surface area (Å²) in [6.45, 7) is 2.29. The molecule has 0 fully saturated rings. The van der Waals surface area contributed by atoms with Gasteiger partial charge < -0.3 is 10.8 Å². The van der Waals surface area contributed by atoms with Crippen LogP contribution in [0.1, 0.15) is 13.8 Å². The van der Waals surface area contributed by atoms with Crippen molar-refractivity contribution in [1.29, 1.82) is 0 Å². The van der Waals surface area contributed by atoms with Crippen molar-refractivity contribution >= 4 is 11.9 Å². The monoisotopic (exact) mass is 253 g/mol. The van der Waals surface area contributed by atoms with E-state index in [-0.39, 0.29) is 0 Å². The lowest BCUT2D eigenvalue weighted by atomic mass is 9.74. The van der Waals surface area contributed by atoms with Gasteiger partial charge in [-0.15, -0.1) is 0 Å². The lowest BCUT2D eigenvalue weighted by molar-refractivity contribution is -0.205. The quantitative estimate of drug-likeness (QED) is 0.757. The number of nitrogens with two attached hydrogens (primary N) is 1. The van der Waals surface area contributed by atoms with E-state index in [1.807, 2.05) is 0 Å². The Hall–Kier alpha value is -1.67. The molecule has 0 spiro atoms. The van der Waals surface area contributed by atoms with Crippen LogP contribution >= 0.6 is 0 Å². The second-order valence-corrected chi connectivity index (χ2v) is 4.25. The number of alkyl halides is 3.